The normalized spacial score (nSPS) is 15.9. The Morgan fingerprint density at radius 2 is 2.00 bits per heavy atom. The van der Waals surface area contributed by atoms with Crippen molar-refractivity contribution in [3.8, 4) is 0 Å². The Kier molecular flexibility index (Phi) is 5.53. The third-order valence-corrected chi connectivity index (χ3v) is 4.33. The van der Waals surface area contributed by atoms with E-state index >= 15 is 0 Å². The van der Waals surface area contributed by atoms with Crippen LogP contribution in [0.15, 0.2) is 18.2 Å². The van der Waals surface area contributed by atoms with Crippen molar-refractivity contribution in [2.24, 2.45) is 0 Å². The van der Waals surface area contributed by atoms with E-state index in [0.29, 0.717) is 6.04 Å². The van der Waals surface area contributed by atoms with E-state index in [1.165, 1.54) is 36.9 Å². The summed E-state index contributed by atoms with van der Waals surface area (Å²) in [4.78, 5) is 2.52. The first kappa shape index (κ1) is 14.7. The van der Waals surface area contributed by atoms with Crippen molar-refractivity contribution in [2.45, 2.75) is 52.1 Å². The Labute approximate surface area is 122 Å². The Bertz CT molecular complexity index is 400. The van der Waals surface area contributed by atoms with Gasteiger partial charge in [0.15, 0.2) is 0 Å². The smallest absolute Gasteiger partial charge is 0.0643 e. The Balaban J connectivity index is 2.28. The minimum atomic E-state index is 0.672. The van der Waals surface area contributed by atoms with E-state index in [0.717, 1.165) is 24.7 Å². The summed E-state index contributed by atoms with van der Waals surface area (Å²) in [5.41, 5.74) is 2.57. The lowest BCUT2D eigenvalue weighted by atomic mass is 10.1. The van der Waals surface area contributed by atoms with Gasteiger partial charge in [-0.2, -0.15) is 0 Å². The molecule has 1 aliphatic rings. The van der Waals surface area contributed by atoms with Crippen LogP contribution in [0.25, 0.3) is 0 Å². The van der Waals surface area contributed by atoms with Crippen LogP contribution in [0, 0.1) is 0 Å². The molecule has 1 saturated carbocycles. The molecule has 0 radical (unpaired) electrons. The number of halogens is 1. The van der Waals surface area contributed by atoms with Crippen LogP contribution >= 0.6 is 11.6 Å². The molecule has 106 valence electrons. The molecule has 1 aromatic rings. The molecule has 2 nitrogen and oxygen atoms in total. The fraction of sp³-hybridized carbons (Fsp3) is 0.625. The predicted molar refractivity (Wildman–Crippen MR) is 84.1 cm³/mol. The van der Waals surface area contributed by atoms with Gasteiger partial charge in [0.25, 0.3) is 0 Å². The zero-order valence-electron chi connectivity index (χ0n) is 12.1. The molecule has 0 amide bonds. The summed E-state index contributed by atoms with van der Waals surface area (Å²) in [6.07, 6.45) is 5.32. The van der Waals surface area contributed by atoms with E-state index in [2.05, 4.69) is 36.2 Å². The van der Waals surface area contributed by atoms with Crippen molar-refractivity contribution >= 4 is 17.3 Å². The van der Waals surface area contributed by atoms with Crippen LogP contribution in [0.5, 0.6) is 0 Å². The van der Waals surface area contributed by atoms with Gasteiger partial charge in [-0.25, -0.2) is 0 Å². The molecular formula is C16H25ClN2. The summed E-state index contributed by atoms with van der Waals surface area (Å²) in [7, 11) is 0. The minimum absolute atomic E-state index is 0.672. The molecule has 1 N–H and O–H groups in total. The van der Waals surface area contributed by atoms with Gasteiger partial charge in [0.1, 0.15) is 0 Å². The highest BCUT2D eigenvalue weighted by molar-refractivity contribution is 6.33. The van der Waals surface area contributed by atoms with E-state index in [1.807, 2.05) is 6.07 Å². The van der Waals surface area contributed by atoms with Gasteiger partial charge in [-0.05, 0) is 37.9 Å². The van der Waals surface area contributed by atoms with Crippen LogP contribution in [0.1, 0.15) is 45.1 Å². The molecule has 19 heavy (non-hydrogen) atoms. The topological polar surface area (TPSA) is 15.3 Å². The number of anilines is 1. The highest BCUT2D eigenvalue weighted by atomic mass is 35.5. The van der Waals surface area contributed by atoms with E-state index in [9.17, 15) is 0 Å². The molecule has 1 aliphatic carbocycles. The molecule has 0 aliphatic heterocycles. The number of nitrogens with one attached hydrogen (secondary N) is 1. The zero-order chi connectivity index (χ0) is 13.7. The molecule has 0 spiro atoms. The maximum atomic E-state index is 6.49. The Morgan fingerprint density at radius 3 is 2.63 bits per heavy atom. The van der Waals surface area contributed by atoms with Crippen molar-refractivity contribution in [2.75, 3.05) is 18.0 Å². The van der Waals surface area contributed by atoms with Crippen molar-refractivity contribution < 1.29 is 0 Å². The first-order valence-corrected chi connectivity index (χ1v) is 7.90. The van der Waals surface area contributed by atoms with Crippen molar-refractivity contribution in [1.29, 1.82) is 0 Å². The van der Waals surface area contributed by atoms with Crippen LogP contribution in [0.3, 0.4) is 0 Å². The highest BCUT2D eigenvalue weighted by Gasteiger charge is 2.24. The number of benzene rings is 1. The van der Waals surface area contributed by atoms with Crippen LogP contribution < -0.4 is 10.2 Å². The fourth-order valence-corrected chi connectivity index (χ4v) is 3.40. The zero-order valence-corrected chi connectivity index (χ0v) is 12.8. The molecule has 1 aromatic carbocycles. The van der Waals surface area contributed by atoms with E-state index in [1.54, 1.807) is 0 Å². The van der Waals surface area contributed by atoms with Crippen molar-refractivity contribution in [1.82, 2.24) is 5.32 Å². The lowest BCUT2D eigenvalue weighted by Crippen LogP contribution is -2.34. The molecule has 0 atom stereocenters. The van der Waals surface area contributed by atoms with E-state index < -0.39 is 0 Å². The van der Waals surface area contributed by atoms with Gasteiger partial charge in [0, 0.05) is 19.1 Å². The van der Waals surface area contributed by atoms with Gasteiger partial charge in [0.05, 0.1) is 10.7 Å². The molecule has 3 heteroatoms. The van der Waals surface area contributed by atoms with Crippen molar-refractivity contribution in [3.63, 3.8) is 0 Å². The second-order valence-electron chi connectivity index (χ2n) is 5.25. The monoisotopic (exact) mass is 280 g/mol. The van der Waals surface area contributed by atoms with Crippen molar-refractivity contribution in [3.05, 3.63) is 28.8 Å². The van der Waals surface area contributed by atoms with Gasteiger partial charge < -0.3 is 10.2 Å². The summed E-state index contributed by atoms with van der Waals surface area (Å²) < 4.78 is 0. The third kappa shape index (κ3) is 3.43. The lowest BCUT2D eigenvalue weighted by Gasteiger charge is -2.32. The first-order chi connectivity index (χ1) is 9.27. The van der Waals surface area contributed by atoms with Gasteiger partial charge in [-0.1, -0.05) is 43.5 Å². The Morgan fingerprint density at radius 1 is 1.26 bits per heavy atom. The minimum Gasteiger partial charge on any atom is -0.367 e. The molecule has 2 rings (SSSR count). The highest BCUT2D eigenvalue weighted by Crippen LogP contribution is 2.35. The summed E-state index contributed by atoms with van der Waals surface area (Å²) in [6, 6.07) is 6.94. The van der Waals surface area contributed by atoms with Gasteiger partial charge in [-0.15, -0.1) is 0 Å². The second kappa shape index (κ2) is 7.16. The number of rotatable bonds is 6. The molecular weight excluding hydrogens is 256 g/mol. The van der Waals surface area contributed by atoms with Crippen LogP contribution in [0.2, 0.25) is 5.02 Å². The molecule has 0 saturated heterocycles. The lowest BCUT2D eigenvalue weighted by molar-refractivity contribution is 0.614. The molecule has 0 bridgehead atoms. The van der Waals surface area contributed by atoms with Gasteiger partial charge >= 0.3 is 0 Å². The van der Waals surface area contributed by atoms with E-state index in [-0.39, 0.29) is 0 Å². The largest absolute Gasteiger partial charge is 0.367 e. The summed E-state index contributed by atoms with van der Waals surface area (Å²) in [6.45, 7) is 7.29. The molecule has 0 aromatic heterocycles. The fourth-order valence-electron chi connectivity index (χ4n) is 3.10. The Hall–Kier alpha value is -0.730. The standard InChI is InChI=1S/C16H25ClN2/c1-3-18-12-13-8-7-11-15(17)16(13)19(4-2)14-9-5-6-10-14/h7-8,11,14,18H,3-6,9-10,12H2,1-2H3. The van der Waals surface area contributed by atoms with Crippen LogP contribution in [-0.2, 0) is 6.54 Å². The summed E-state index contributed by atoms with van der Waals surface area (Å²) in [5, 5.41) is 4.31. The number of nitrogens with zero attached hydrogens (tertiary/aromatic N) is 1. The SMILES string of the molecule is CCNCc1cccc(Cl)c1N(CC)C1CCCC1. The number of para-hydroxylation sites is 1. The van der Waals surface area contributed by atoms with Gasteiger partial charge in [-0.3, -0.25) is 0 Å². The number of hydrogen-bond acceptors (Lipinski definition) is 2. The maximum Gasteiger partial charge on any atom is 0.0643 e. The second-order valence-corrected chi connectivity index (χ2v) is 5.66. The molecule has 1 fully saturated rings. The van der Waals surface area contributed by atoms with E-state index in [4.69, 9.17) is 11.6 Å². The number of hydrogen-bond donors (Lipinski definition) is 1. The van der Waals surface area contributed by atoms with Gasteiger partial charge in [0.2, 0.25) is 0 Å². The van der Waals surface area contributed by atoms with Crippen LogP contribution in [0.4, 0.5) is 5.69 Å². The predicted octanol–water partition coefficient (Wildman–Crippen LogP) is 4.22. The molecule has 0 unspecified atom stereocenters. The quantitative estimate of drug-likeness (QED) is 0.839. The maximum absolute atomic E-state index is 6.49. The average Bonchev–Trinajstić information content (AvgIpc) is 2.93. The van der Waals surface area contributed by atoms with Crippen LogP contribution in [-0.4, -0.2) is 19.1 Å². The average molecular weight is 281 g/mol. The summed E-state index contributed by atoms with van der Waals surface area (Å²) >= 11 is 6.49. The molecule has 0 heterocycles. The third-order valence-electron chi connectivity index (χ3n) is 4.03. The summed E-state index contributed by atoms with van der Waals surface area (Å²) in [5.74, 6) is 0. The first-order valence-electron chi connectivity index (χ1n) is 7.52.